The Hall–Kier alpha value is -0.910. The van der Waals surface area contributed by atoms with Gasteiger partial charge in [-0.15, -0.1) is 11.3 Å². The number of likely N-dealkylation sites (tertiary alicyclic amines) is 1. The van der Waals surface area contributed by atoms with Crippen molar-refractivity contribution in [3.63, 3.8) is 0 Å². The molecule has 1 N–H and O–H groups in total. The van der Waals surface area contributed by atoms with E-state index in [4.69, 9.17) is 4.84 Å². The number of carbonyl (C=O) groups excluding carboxylic acids is 1. The van der Waals surface area contributed by atoms with E-state index < -0.39 is 0 Å². The fraction of sp³-hybridized carbons (Fsp3) is 0.615. The lowest BCUT2D eigenvalue weighted by atomic mass is 10.2. The molecule has 100 valence electrons. The quantitative estimate of drug-likeness (QED) is 0.606. The van der Waals surface area contributed by atoms with E-state index in [2.05, 4.69) is 10.4 Å². The van der Waals surface area contributed by atoms with E-state index >= 15 is 0 Å². The van der Waals surface area contributed by atoms with Crippen LogP contribution in [0.4, 0.5) is 0 Å². The molecule has 0 atom stereocenters. The molecule has 5 heteroatoms. The minimum absolute atomic E-state index is 0.0372. The van der Waals surface area contributed by atoms with Gasteiger partial charge in [-0.05, 0) is 43.8 Å². The monoisotopic (exact) mass is 268 g/mol. The summed E-state index contributed by atoms with van der Waals surface area (Å²) in [7, 11) is 0. The van der Waals surface area contributed by atoms with Crippen molar-refractivity contribution < 1.29 is 9.63 Å². The Kier molecular flexibility index (Phi) is 5.64. The smallest absolute Gasteiger partial charge is 0.243 e. The van der Waals surface area contributed by atoms with Gasteiger partial charge in [0, 0.05) is 17.8 Å². The first-order valence-corrected chi connectivity index (χ1v) is 7.38. The molecule has 0 saturated carbocycles. The summed E-state index contributed by atoms with van der Waals surface area (Å²) in [5.74, 6) is -0.0372. The van der Waals surface area contributed by atoms with Crippen LogP contribution in [-0.2, 0) is 16.1 Å². The summed E-state index contributed by atoms with van der Waals surface area (Å²) in [5.41, 5.74) is 2.51. The Labute approximate surface area is 112 Å². The first kappa shape index (κ1) is 13.5. The van der Waals surface area contributed by atoms with Crippen LogP contribution in [0.3, 0.4) is 0 Å². The van der Waals surface area contributed by atoms with Crippen LogP contribution in [0.2, 0.25) is 0 Å². The van der Waals surface area contributed by atoms with E-state index in [9.17, 15) is 4.79 Å². The van der Waals surface area contributed by atoms with Gasteiger partial charge in [-0.2, -0.15) is 0 Å². The third-order valence-electron chi connectivity index (χ3n) is 3.07. The van der Waals surface area contributed by atoms with Crippen LogP contribution in [0, 0.1) is 0 Å². The Bertz CT molecular complexity index is 348. The summed E-state index contributed by atoms with van der Waals surface area (Å²) in [6.45, 7) is 3.81. The molecule has 1 aromatic heterocycles. The molecule has 4 nitrogen and oxygen atoms in total. The molecular weight excluding hydrogens is 248 g/mol. The Morgan fingerprint density at radius 3 is 3.00 bits per heavy atom. The number of carbonyl (C=O) groups is 1. The van der Waals surface area contributed by atoms with Crippen molar-refractivity contribution in [1.29, 1.82) is 0 Å². The minimum Gasteiger partial charge on any atom is -0.301 e. The van der Waals surface area contributed by atoms with Gasteiger partial charge in [0.15, 0.2) is 0 Å². The van der Waals surface area contributed by atoms with Gasteiger partial charge in [-0.3, -0.25) is 9.63 Å². The van der Waals surface area contributed by atoms with Gasteiger partial charge in [-0.25, -0.2) is 5.48 Å². The van der Waals surface area contributed by atoms with Gasteiger partial charge in [0.25, 0.3) is 0 Å². The zero-order valence-corrected chi connectivity index (χ0v) is 11.4. The predicted octanol–water partition coefficient (Wildman–Crippen LogP) is 1.82. The molecule has 2 heterocycles. The van der Waals surface area contributed by atoms with Crippen LogP contribution >= 0.6 is 11.3 Å². The van der Waals surface area contributed by atoms with Crippen LogP contribution in [0.1, 0.15) is 24.1 Å². The summed E-state index contributed by atoms with van der Waals surface area (Å²) in [4.78, 5) is 20.3. The number of nitrogens with zero attached hydrogens (tertiary/aromatic N) is 1. The van der Waals surface area contributed by atoms with E-state index in [1.807, 2.05) is 17.5 Å². The highest BCUT2D eigenvalue weighted by Gasteiger charge is 2.10. The topological polar surface area (TPSA) is 41.6 Å². The highest BCUT2D eigenvalue weighted by molar-refractivity contribution is 7.09. The fourth-order valence-corrected chi connectivity index (χ4v) is 2.76. The average molecular weight is 268 g/mol. The second-order valence-electron chi connectivity index (χ2n) is 4.50. The highest BCUT2D eigenvalue weighted by atomic mass is 32.1. The van der Waals surface area contributed by atoms with Crippen LogP contribution in [-0.4, -0.2) is 37.0 Å². The number of aryl methyl sites for hydroxylation is 1. The SMILES string of the molecule is O=C(CCc1cccs1)NOCCN1CCCC1. The average Bonchev–Trinajstić information content (AvgIpc) is 3.04. The van der Waals surface area contributed by atoms with E-state index in [1.165, 1.54) is 17.7 Å². The third kappa shape index (κ3) is 4.76. The molecule has 1 aliphatic rings. The van der Waals surface area contributed by atoms with Crippen molar-refractivity contribution in [2.24, 2.45) is 0 Å². The van der Waals surface area contributed by atoms with E-state index in [1.54, 1.807) is 11.3 Å². The molecule has 0 aromatic carbocycles. The van der Waals surface area contributed by atoms with Crippen molar-refractivity contribution in [2.45, 2.75) is 25.7 Å². The van der Waals surface area contributed by atoms with Gasteiger partial charge in [-0.1, -0.05) is 6.07 Å². The number of hydrogen-bond donors (Lipinski definition) is 1. The molecule has 0 spiro atoms. The van der Waals surface area contributed by atoms with Crippen molar-refractivity contribution in [3.05, 3.63) is 22.4 Å². The standard InChI is InChI=1S/C13H20N2O2S/c16-13(6-5-12-4-3-11-18-12)14-17-10-9-15-7-1-2-8-15/h3-4,11H,1-2,5-10H2,(H,14,16). The minimum atomic E-state index is -0.0372. The molecule has 0 radical (unpaired) electrons. The largest absolute Gasteiger partial charge is 0.301 e. The van der Waals surface area contributed by atoms with Crippen molar-refractivity contribution in [2.75, 3.05) is 26.2 Å². The molecule has 1 aromatic rings. The number of hydroxylamine groups is 1. The number of hydrogen-bond acceptors (Lipinski definition) is 4. The zero-order valence-electron chi connectivity index (χ0n) is 10.6. The molecule has 0 bridgehead atoms. The van der Waals surface area contributed by atoms with Gasteiger partial charge in [0.2, 0.25) is 5.91 Å². The second kappa shape index (κ2) is 7.51. The Balaban J connectivity index is 1.49. The summed E-state index contributed by atoms with van der Waals surface area (Å²) >= 11 is 1.68. The van der Waals surface area contributed by atoms with Crippen molar-refractivity contribution >= 4 is 17.2 Å². The number of rotatable bonds is 7. The predicted molar refractivity (Wildman–Crippen MR) is 72.4 cm³/mol. The summed E-state index contributed by atoms with van der Waals surface area (Å²) in [6.07, 6.45) is 3.85. The number of amides is 1. The number of nitrogens with one attached hydrogen (secondary N) is 1. The third-order valence-corrected chi connectivity index (χ3v) is 4.01. The van der Waals surface area contributed by atoms with E-state index in [0.717, 1.165) is 26.1 Å². The lowest BCUT2D eigenvalue weighted by molar-refractivity contribution is -0.133. The Morgan fingerprint density at radius 2 is 2.28 bits per heavy atom. The maximum absolute atomic E-state index is 11.5. The van der Waals surface area contributed by atoms with E-state index in [0.29, 0.717) is 13.0 Å². The van der Waals surface area contributed by atoms with Crippen LogP contribution in [0.5, 0.6) is 0 Å². The summed E-state index contributed by atoms with van der Waals surface area (Å²) < 4.78 is 0. The van der Waals surface area contributed by atoms with Gasteiger partial charge < -0.3 is 4.90 Å². The van der Waals surface area contributed by atoms with Gasteiger partial charge >= 0.3 is 0 Å². The first-order chi connectivity index (χ1) is 8.84. The molecule has 1 aliphatic heterocycles. The lowest BCUT2D eigenvalue weighted by Gasteiger charge is -2.14. The van der Waals surface area contributed by atoms with Crippen LogP contribution < -0.4 is 5.48 Å². The zero-order chi connectivity index (χ0) is 12.6. The van der Waals surface area contributed by atoms with E-state index in [-0.39, 0.29) is 5.91 Å². The maximum Gasteiger partial charge on any atom is 0.243 e. The second-order valence-corrected chi connectivity index (χ2v) is 5.53. The molecule has 0 aliphatic carbocycles. The molecule has 18 heavy (non-hydrogen) atoms. The maximum atomic E-state index is 11.5. The molecule has 1 saturated heterocycles. The fourth-order valence-electron chi connectivity index (χ4n) is 2.06. The summed E-state index contributed by atoms with van der Waals surface area (Å²) in [6, 6.07) is 4.05. The van der Waals surface area contributed by atoms with Crippen LogP contribution in [0.15, 0.2) is 17.5 Å². The highest BCUT2D eigenvalue weighted by Crippen LogP contribution is 2.10. The van der Waals surface area contributed by atoms with Gasteiger partial charge in [0.1, 0.15) is 0 Å². The Morgan fingerprint density at radius 1 is 1.44 bits per heavy atom. The first-order valence-electron chi connectivity index (χ1n) is 6.50. The lowest BCUT2D eigenvalue weighted by Crippen LogP contribution is -2.30. The molecular formula is C13H20N2O2S. The molecule has 2 rings (SSSR count). The van der Waals surface area contributed by atoms with Crippen molar-refractivity contribution in [3.8, 4) is 0 Å². The summed E-state index contributed by atoms with van der Waals surface area (Å²) in [5, 5.41) is 2.03. The van der Waals surface area contributed by atoms with Gasteiger partial charge in [0.05, 0.1) is 6.61 Å². The normalized spacial score (nSPS) is 16.0. The van der Waals surface area contributed by atoms with Crippen LogP contribution in [0.25, 0.3) is 0 Å². The molecule has 0 unspecified atom stereocenters. The number of thiophene rings is 1. The molecule has 1 amide bonds. The molecule has 1 fully saturated rings. The van der Waals surface area contributed by atoms with Crippen molar-refractivity contribution in [1.82, 2.24) is 10.4 Å².